The van der Waals surface area contributed by atoms with Crippen molar-refractivity contribution in [1.29, 1.82) is 0 Å². The van der Waals surface area contributed by atoms with E-state index in [1.54, 1.807) is 24.3 Å². The van der Waals surface area contributed by atoms with Crippen molar-refractivity contribution in [3.05, 3.63) is 34.9 Å². The van der Waals surface area contributed by atoms with Gasteiger partial charge in [0.2, 0.25) is 5.91 Å². The van der Waals surface area contributed by atoms with Crippen LogP contribution >= 0.6 is 11.6 Å². The van der Waals surface area contributed by atoms with E-state index in [1.807, 2.05) is 0 Å². The molecule has 3 nitrogen and oxygen atoms in total. The first kappa shape index (κ1) is 15.8. The van der Waals surface area contributed by atoms with Crippen molar-refractivity contribution in [1.82, 2.24) is 10.2 Å². The van der Waals surface area contributed by atoms with Crippen LogP contribution in [0.2, 0.25) is 5.02 Å². The van der Waals surface area contributed by atoms with Crippen molar-refractivity contribution in [3.8, 4) is 0 Å². The molecule has 1 N–H and O–H groups in total. The Morgan fingerprint density at radius 1 is 1.37 bits per heavy atom. The molecule has 1 rings (SSSR count). The zero-order valence-corrected chi connectivity index (χ0v) is 11.1. The molecule has 19 heavy (non-hydrogen) atoms. The van der Waals surface area contributed by atoms with Crippen LogP contribution in [0.15, 0.2) is 24.3 Å². The molecule has 0 aromatic heterocycles. The Kier molecular flexibility index (Phi) is 5.62. The Balaban J connectivity index is 2.43. The van der Waals surface area contributed by atoms with Gasteiger partial charge in [0.15, 0.2) is 0 Å². The second-order valence-electron chi connectivity index (χ2n) is 4.06. The van der Waals surface area contributed by atoms with Gasteiger partial charge in [0.25, 0.3) is 0 Å². The summed E-state index contributed by atoms with van der Waals surface area (Å²) in [6.07, 6.45) is -4.32. The number of amides is 1. The lowest BCUT2D eigenvalue weighted by Gasteiger charge is -2.18. The molecular formula is C12H14ClF3N2O. The Morgan fingerprint density at radius 3 is 2.58 bits per heavy atom. The highest BCUT2D eigenvalue weighted by Crippen LogP contribution is 2.16. The quantitative estimate of drug-likeness (QED) is 0.905. The lowest BCUT2D eigenvalue weighted by Crippen LogP contribution is -2.39. The maximum atomic E-state index is 11.9. The minimum Gasteiger partial charge on any atom is -0.340 e. The molecule has 0 saturated carbocycles. The molecular weight excluding hydrogens is 281 g/mol. The molecule has 0 atom stereocenters. The third-order valence-corrected chi connectivity index (χ3v) is 2.76. The number of likely N-dealkylation sites (N-methyl/N-ethyl adjacent to an activating group) is 1. The fourth-order valence-corrected chi connectivity index (χ4v) is 1.61. The predicted octanol–water partition coefficient (Wildman–Crippen LogP) is 2.45. The number of nitrogens with one attached hydrogen (secondary N) is 1. The summed E-state index contributed by atoms with van der Waals surface area (Å²) in [5.41, 5.74) is 0.746. The first-order valence-electron chi connectivity index (χ1n) is 5.54. The fraction of sp³-hybridized carbons (Fsp3) is 0.417. The Morgan fingerprint density at radius 2 is 2.00 bits per heavy atom. The monoisotopic (exact) mass is 294 g/mol. The van der Waals surface area contributed by atoms with Gasteiger partial charge in [-0.25, -0.2) is 0 Å². The molecule has 1 amide bonds. The molecule has 1 aromatic carbocycles. The molecule has 0 unspecified atom stereocenters. The average molecular weight is 295 g/mol. The number of halogens is 4. The van der Waals surface area contributed by atoms with E-state index in [-0.39, 0.29) is 13.1 Å². The Hall–Kier alpha value is -1.27. The summed E-state index contributed by atoms with van der Waals surface area (Å²) in [6, 6.07) is 6.99. The molecule has 0 fully saturated rings. The van der Waals surface area contributed by atoms with Crippen LogP contribution in [0, 0.1) is 0 Å². The Bertz CT molecular complexity index is 437. The van der Waals surface area contributed by atoms with E-state index in [9.17, 15) is 18.0 Å². The average Bonchev–Trinajstić information content (AvgIpc) is 2.30. The van der Waals surface area contributed by atoms with Gasteiger partial charge in [-0.1, -0.05) is 29.8 Å². The van der Waals surface area contributed by atoms with E-state index in [1.165, 1.54) is 11.9 Å². The van der Waals surface area contributed by atoms with Crippen LogP contribution in [0.1, 0.15) is 5.56 Å². The lowest BCUT2D eigenvalue weighted by molar-refractivity contribution is -0.133. The number of carbonyl (C=O) groups excluding carboxylic acids is 1. The predicted molar refractivity (Wildman–Crippen MR) is 66.9 cm³/mol. The van der Waals surface area contributed by atoms with Crippen molar-refractivity contribution < 1.29 is 18.0 Å². The van der Waals surface area contributed by atoms with Crippen molar-refractivity contribution in [2.75, 3.05) is 20.1 Å². The van der Waals surface area contributed by atoms with Crippen molar-refractivity contribution >= 4 is 17.5 Å². The maximum Gasteiger partial charge on any atom is 0.401 e. The van der Waals surface area contributed by atoms with Gasteiger partial charge >= 0.3 is 6.18 Å². The third-order valence-electron chi connectivity index (χ3n) is 2.39. The number of hydrogen-bond acceptors (Lipinski definition) is 2. The number of carbonyl (C=O) groups is 1. The third kappa shape index (κ3) is 5.94. The van der Waals surface area contributed by atoms with Crippen LogP contribution in [0.3, 0.4) is 0 Å². The molecule has 7 heteroatoms. The van der Waals surface area contributed by atoms with Crippen LogP contribution in [-0.2, 0) is 11.3 Å². The van der Waals surface area contributed by atoms with Crippen LogP contribution in [0.25, 0.3) is 0 Å². The first-order chi connectivity index (χ1) is 8.79. The van der Waals surface area contributed by atoms with Gasteiger partial charge in [-0.15, -0.1) is 0 Å². The van der Waals surface area contributed by atoms with E-state index in [0.717, 1.165) is 5.56 Å². The minimum absolute atomic E-state index is 0.256. The number of benzene rings is 1. The van der Waals surface area contributed by atoms with E-state index < -0.39 is 18.6 Å². The second kappa shape index (κ2) is 6.77. The van der Waals surface area contributed by atoms with Gasteiger partial charge < -0.3 is 10.2 Å². The normalized spacial score (nSPS) is 11.4. The van der Waals surface area contributed by atoms with Gasteiger partial charge in [0, 0.05) is 18.6 Å². The summed E-state index contributed by atoms with van der Waals surface area (Å²) in [5, 5.41) is 2.58. The number of nitrogens with zero attached hydrogens (tertiary/aromatic N) is 1. The molecule has 0 bridgehead atoms. The maximum absolute atomic E-state index is 11.9. The van der Waals surface area contributed by atoms with E-state index in [0.29, 0.717) is 5.02 Å². The molecule has 0 aliphatic heterocycles. The van der Waals surface area contributed by atoms with E-state index >= 15 is 0 Å². The smallest absolute Gasteiger partial charge is 0.340 e. The summed E-state index contributed by atoms with van der Waals surface area (Å²) in [6.45, 7) is -1.29. The fourth-order valence-electron chi connectivity index (χ4n) is 1.42. The second-order valence-corrected chi connectivity index (χ2v) is 4.47. The Labute approximate surface area is 114 Å². The summed E-state index contributed by atoms with van der Waals surface area (Å²) < 4.78 is 35.7. The van der Waals surface area contributed by atoms with Gasteiger partial charge in [-0.2, -0.15) is 13.2 Å². The molecule has 0 heterocycles. The number of hydrogen-bond donors (Lipinski definition) is 1. The van der Waals surface area contributed by atoms with E-state index in [2.05, 4.69) is 5.32 Å². The highest BCUT2D eigenvalue weighted by atomic mass is 35.5. The highest BCUT2D eigenvalue weighted by molar-refractivity contribution is 6.31. The molecule has 106 valence electrons. The lowest BCUT2D eigenvalue weighted by atomic mass is 10.2. The first-order valence-corrected chi connectivity index (χ1v) is 5.92. The van der Waals surface area contributed by atoms with Gasteiger partial charge in [0.1, 0.15) is 0 Å². The summed E-state index contributed by atoms with van der Waals surface area (Å²) in [7, 11) is 1.51. The zero-order valence-electron chi connectivity index (χ0n) is 10.3. The van der Waals surface area contributed by atoms with Crippen molar-refractivity contribution in [2.45, 2.75) is 12.7 Å². The highest BCUT2D eigenvalue weighted by Gasteiger charge is 2.26. The van der Waals surface area contributed by atoms with Crippen LogP contribution in [0.4, 0.5) is 13.2 Å². The van der Waals surface area contributed by atoms with Gasteiger partial charge in [0.05, 0.1) is 13.1 Å². The van der Waals surface area contributed by atoms with E-state index in [4.69, 9.17) is 11.6 Å². The number of alkyl halides is 3. The minimum atomic E-state index is -4.32. The summed E-state index contributed by atoms with van der Waals surface area (Å²) >= 11 is 5.93. The molecule has 0 radical (unpaired) electrons. The molecule has 0 aliphatic rings. The topological polar surface area (TPSA) is 32.3 Å². The standard InChI is InChI=1S/C12H14ClF3N2O/c1-18(7-9-4-2-3-5-10(9)13)11(19)6-17-8-12(14,15)16/h2-5,17H,6-8H2,1H3. The summed E-state index contributed by atoms with van der Waals surface area (Å²) in [5.74, 6) is -0.427. The van der Waals surface area contributed by atoms with Crippen molar-refractivity contribution in [3.63, 3.8) is 0 Å². The largest absolute Gasteiger partial charge is 0.401 e. The van der Waals surface area contributed by atoms with Gasteiger partial charge in [-0.3, -0.25) is 4.79 Å². The SMILES string of the molecule is CN(Cc1ccccc1Cl)C(=O)CNCC(F)(F)F. The van der Waals surface area contributed by atoms with Gasteiger partial charge in [-0.05, 0) is 11.6 Å². The molecule has 1 aromatic rings. The molecule has 0 saturated heterocycles. The summed E-state index contributed by atoms with van der Waals surface area (Å²) in [4.78, 5) is 12.9. The zero-order chi connectivity index (χ0) is 14.5. The van der Waals surface area contributed by atoms with Crippen molar-refractivity contribution in [2.24, 2.45) is 0 Å². The number of rotatable bonds is 5. The van der Waals surface area contributed by atoms with Crippen LogP contribution < -0.4 is 5.32 Å². The van der Waals surface area contributed by atoms with Crippen LogP contribution in [0.5, 0.6) is 0 Å². The van der Waals surface area contributed by atoms with Crippen LogP contribution in [-0.4, -0.2) is 37.1 Å². The molecule has 0 aliphatic carbocycles. The molecule has 0 spiro atoms.